The molecule has 2 nitrogen and oxygen atoms in total. The largest absolute Gasteiger partial charge is 0.478 e. The third kappa shape index (κ3) is 7.79. The summed E-state index contributed by atoms with van der Waals surface area (Å²) in [6, 6.07) is 0. The molecule has 2 aliphatic carbocycles. The highest BCUT2D eigenvalue weighted by molar-refractivity contribution is 5.80. The van der Waals surface area contributed by atoms with Gasteiger partial charge in [0.25, 0.3) is 0 Å². The monoisotopic (exact) mass is 346 g/mol. The molecule has 2 saturated carbocycles. The number of carboxylic acid groups (broad SMARTS) is 1. The number of carbonyl (C=O) groups is 1. The molecule has 0 atom stereocenters. The van der Waals surface area contributed by atoms with E-state index in [1.165, 1.54) is 83.1 Å². The Morgan fingerprint density at radius 2 is 1.48 bits per heavy atom. The van der Waals surface area contributed by atoms with E-state index in [2.05, 4.69) is 13.0 Å². The van der Waals surface area contributed by atoms with Crippen LogP contribution < -0.4 is 0 Å². The number of aliphatic carboxylic acids is 1. The van der Waals surface area contributed by atoms with Crippen LogP contribution in [0.5, 0.6) is 0 Å². The molecule has 0 aromatic heterocycles. The lowest BCUT2D eigenvalue weighted by atomic mass is 9.68. The van der Waals surface area contributed by atoms with Crippen LogP contribution in [0.1, 0.15) is 90.4 Å². The topological polar surface area (TPSA) is 37.3 Å². The fourth-order valence-electron chi connectivity index (χ4n) is 5.01. The Hall–Kier alpha value is -1.05. The summed E-state index contributed by atoms with van der Waals surface area (Å²) in [4.78, 5) is 10.4. The Bertz CT molecular complexity index is 421. The molecule has 0 aromatic carbocycles. The molecule has 0 unspecified atom stereocenters. The number of allylic oxidation sites excluding steroid dienone is 3. The number of hydrogen-bond donors (Lipinski definition) is 1. The third-order valence-corrected chi connectivity index (χ3v) is 6.62. The second kappa shape index (κ2) is 11.5. The molecule has 0 radical (unpaired) electrons. The molecule has 0 heterocycles. The summed E-state index contributed by atoms with van der Waals surface area (Å²) >= 11 is 0. The van der Waals surface area contributed by atoms with Crippen LogP contribution in [0.15, 0.2) is 24.3 Å². The van der Waals surface area contributed by atoms with Gasteiger partial charge in [-0.2, -0.15) is 0 Å². The highest BCUT2D eigenvalue weighted by atomic mass is 16.4. The first-order valence-corrected chi connectivity index (χ1v) is 10.7. The summed E-state index contributed by atoms with van der Waals surface area (Å²) < 4.78 is 0. The van der Waals surface area contributed by atoms with E-state index in [1.54, 1.807) is 6.08 Å². The Labute approximate surface area is 154 Å². The van der Waals surface area contributed by atoms with E-state index in [0.29, 0.717) is 0 Å². The van der Waals surface area contributed by atoms with E-state index in [-0.39, 0.29) is 0 Å². The Balaban J connectivity index is 1.60. The van der Waals surface area contributed by atoms with Gasteiger partial charge in [0.1, 0.15) is 0 Å². The van der Waals surface area contributed by atoms with Crippen LogP contribution in [0, 0.1) is 23.7 Å². The van der Waals surface area contributed by atoms with Gasteiger partial charge < -0.3 is 5.11 Å². The van der Waals surface area contributed by atoms with Crippen LogP contribution in [-0.4, -0.2) is 11.1 Å². The van der Waals surface area contributed by atoms with Crippen molar-refractivity contribution in [3.8, 4) is 0 Å². The van der Waals surface area contributed by atoms with E-state index in [0.717, 1.165) is 30.1 Å². The van der Waals surface area contributed by atoms with Crippen molar-refractivity contribution in [1.29, 1.82) is 0 Å². The summed E-state index contributed by atoms with van der Waals surface area (Å²) in [5.41, 5.74) is 0. The van der Waals surface area contributed by atoms with Crippen LogP contribution in [0.2, 0.25) is 0 Å². The molecule has 142 valence electrons. The van der Waals surface area contributed by atoms with E-state index in [9.17, 15) is 4.79 Å². The minimum Gasteiger partial charge on any atom is -0.478 e. The lowest BCUT2D eigenvalue weighted by Gasteiger charge is -2.37. The van der Waals surface area contributed by atoms with Gasteiger partial charge in [0.15, 0.2) is 0 Å². The minimum absolute atomic E-state index is 0.816. The molecule has 2 heteroatoms. The highest BCUT2D eigenvalue weighted by Gasteiger charge is 2.30. The minimum atomic E-state index is -0.870. The molecule has 0 aromatic rings. The van der Waals surface area contributed by atoms with Gasteiger partial charge >= 0.3 is 5.97 Å². The first-order chi connectivity index (χ1) is 12.2. The average molecular weight is 347 g/mol. The summed E-state index contributed by atoms with van der Waals surface area (Å²) in [7, 11) is 0. The van der Waals surface area contributed by atoms with Crippen molar-refractivity contribution in [3.05, 3.63) is 24.3 Å². The maximum Gasteiger partial charge on any atom is 0.328 e. The fraction of sp³-hybridized carbons (Fsp3) is 0.783. The normalized spacial score (nSPS) is 30.9. The molecule has 0 spiro atoms. The lowest BCUT2D eigenvalue weighted by Crippen LogP contribution is -2.25. The molecular weight excluding hydrogens is 308 g/mol. The highest BCUT2D eigenvalue weighted by Crippen LogP contribution is 2.42. The van der Waals surface area contributed by atoms with Crippen molar-refractivity contribution in [2.75, 3.05) is 0 Å². The number of unbranched alkanes of at least 4 members (excludes halogenated alkanes) is 2. The Morgan fingerprint density at radius 3 is 2.04 bits per heavy atom. The zero-order valence-corrected chi connectivity index (χ0v) is 16.2. The van der Waals surface area contributed by atoms with Gasteiger partial charge in [-0.25, -0.2) is 4.79 Å². The van der Waals surface area contributed by atoms with E-state index in [1.807, 2.05) is 6.08 Å². The SMILES string of the molecule is CCCCCC1CCC(C2CCC(C/C=C/C=C/C(=O)O)CC2)CC1. The second-order valence-electron chi connectivity index (χ2n) is 8.42. The second-order valence-corrected chi connectivity index (χ2v) is 8.42. The van der Waals surface area contributed by atoms with E-state index in [4.69, 9.17) is 5.11 Å². The van der Waals surface area contributed by atoms with Gasteiger partial charge in [0, 0.05) is 6.08 Å². The lowest BCUT2D eigenvalue weighted by molar-refractivity contribution is -0.131. The van der Waals surface area contributed by atoms with Crippen LogP contribution >= 0.6 is 0 Å². The quantitative estimate of drug-likeness (QED) is 0.284. The molecule has 2 rings (SSSR count). The van der Waals surface area contributed by atoms with Gasteiger partial charge in [0.05, 0.1) is 0 Å². The van der Waals surface area contributed by atoms with Crippen molar-refractivity contribution in [1.82, 2.24) is 0 Å². The molecule has 2 fully saturated rings. The summed E-state index contributed by atoms with van der Waals surface area (Å²) in [6.45, 7) is 2.30. The summed E-state index contributed by atoms with van der Waals surface area (Å²) in [6.07, 6.45) is 25.2. The smallest absolute Gasteiger partial charge is 0.328 e. The molecule has 0 aliphatic heterocycles. The molecule has 25 heavy (non-hydrogen) atoms. The van der Waals surface area contributed by atoms with Crippen LogP contribution in [0.4, 0.5) is 0 Å². The van der Waals surface area contributed by atoms with Gasteiger partial charge in [-0.15, -0.1) is 0 Å². The zero-order valence-electron chi connectivity index (χ0n) is 16.2. The van der Waals surface area contributed by atoms with Gasteiger partial charge in [-0.3, -0.25) is 0 Å². The molecular formula is C23H38O2. The fourth-order valence-corrected chi connectivity index (χ4v) is 5.01. The third-order valence-electron chi connectivity index (χ3n) is 6.62. The van der Waals surface area contributed by atoms with Crippen molar-refractivity contribution < 1.29 is 9.90 Å². The number of hydrogen-bond acceptors (Lipinski definition) is 1. The molecule has 0 saturated heterocycles. The van der Waals surface area contributed by atoms with E-state index < -0.39 is 5.97 Å². The predicted octanol–water partition coefficient (Wildman–Crippen LogP) is 6.77. The van der Waals surface area contributed by atoms with E-state index >= 15 is 0 Å². The first-order valence-electron chi connectivity index (χ1n) is 10.7. The molecule has 0 amide bonds. The average Bonchev–Trinajstić information content (AvgIpc) is 2.63. The summed E-state index contributed by atoms with van der Waals surface area (Å²) in [5.74, 6) is 2.98. The maximum atomic E-state index is 10.4. The number of rotatable bonds is 9. The summed E-state index contributed by atoms with van der Waals surface area (Å²) in [5, 5.41) is 8.56. The van der Waals surface area contributed by atoms with Gasteiger partial charge in [-0.05, 0) is 68.6 Å². The molecule has 2 aliphatic rings. The Kier molecular flexibility index (Phi) is 9.36. The maximum absolute atomic E-state index is 10.4. The van der Waals surface area contributed by atoms with Gasteiger partial charge in [0.2, 0.25) is 0 Å². The van der Waals surface area contributed by atoms with Crippen LogP contribution in [0.25, 0.3) is 0 Å². The van der Waals surface area contributed by atoms with Crippen molar-refractivity contribution in [2.45, 2.75) is 90.4 Å². The van der Waals surface area contributed by atoms with Crippen molar-refractivity contribution in [3.63, 3.8) is 0 Å². The Morgan fingerprint density at radius 1 is 0.880 bits per heavy atom. The van der Waals surface area contributed by atoms with Crippen molar-refractivity contribution in [2.24, 2.45) is 23.7 Å². The predicted molar refractivity (Wildman–Crippen MR) is 106 cm³/mol. The van der Waals surface area contributed by atoms with Gasteiger partial charge in [-0.1, -0.05) is 63.7 Å². The van der Waals surface area contributed by atoms with Crippen LogP contribution in [-0.2, 0) is 4.79 Å². The molecule has 1 N–H and O–H groups in total. The molecule has 0 bridgehead atoms. The zero-order chi connectivity index (χ0) is 17.9. The van der Waals surface area contributed by atoms with Crippen LogP contribution in [0.3, 0.4) is 0 Å². The van der Waals surface area contributed by atoms with Crippen molar-refractivity contribution >= 4 is 5.97 Å². The standard InChI is InChI=1S/C23H38O2/c1-2-3-5-8-19-11-15-21(16-12-19)22-17-13-20(14-18-22)9-6-4-7-10-23(24)25/h4,6-7,10,19-22H,2-3,5,8-9,11-18H2,1H3,(H,24,25)/b6-4+,10-7+. The first kappa shape index (κ1) is 20.3. The number of carboxylic acids is 1.